The molecule has 0 bridgehead atoms. The van der Waals surface area contributed by atoms with Gasteiger partial charge in [0.15, 0.2) is 11.5 Å². The maximum atomic E-state index is 13.3. The molecule has 4 aromatic rings. The first-order valence-corrected chi connectivity index (χ1v) is 12.4. The smallest absolute Gasteiger partial charge is 0.263 e. The highest BCUT2D eigenvalue weighted by Gasteiger charge is 2.31. The third kappa shape index (κ3) is 3.91. The van der Waals surface area contributed by atoms with E-state index in [1.807, 2.05) is 46.0 Å². The molecule has 1 aliphatic heterocycles. The van der Waals surface area contributed by atoms with Crippen LogP contribution >= 0.6 is 22.7 Å². The Hall–Kier alpha value is -3.17. The zero-order valence-corrected chi connectivity index (χ0v) is 19.9. The summed E-state index contributed by atoms with van der Waals surface area (Å²) in [5.41, 5.74) is 1.70. The number of nitrogens with zero attached hydrogens (tertiary/aromatic N) is 3. The number of hydrogen-bond acceptors (Lipinski definition) is 7. The van der Waals surface area contributed by atoms with Crippen LogP contribution in [0, 0.1) is 0 Å². The minimum Gasteiger partial charge on any atom is -0.493 e. The Bertz CT molecular complexity index is 1360. The Morgan fingerprint density at radius 3 is 2.79 bits per heavy atom. The number of hydrogen-bond donors (Lipinski definition) is 0. The second-order valence-corrected chi connectivity index (χ2v) is 9.65. The van der Waals surface area contributed by atoms with Crippen LogP contribution in [-0.4, -0.2) is 41.1 Å². The van der Waals surface area contributed by atoms with Gasteiger partial charge in [-0.25, -0.2) is 4.98 Å². The topological polar surface area (TPSA) is 73.7 Å². The van der Waals surface area contributed by atoms with E-state index in [1.165, 1.54) is 22.2 Å². The average molecular weight is 482 g/mol. The average Bonchev–Trinajstić information content (AvgIpc) is 3.60. The number of fused-ring (bicyclic) bond motifs is 1. The Balaban J connectivity index is 1.43. The van der Waals surface area contributed by atoms with Gasteiger partial charge in [0, 0.05) is 22.4 Å². The molecule has 0 N–H and O–H groups in total. The highest BCUT2D eigenvalue weighted by molar-refractivity contribution is 7.18. The summed E-state index contributed by atoms with van der Waals surface area (Å²) >= 11 is 3.03. The van der Waals surface area contributed by atoms with Gasteiger partial charge < -0.3 is 14.4 Å². The van der Waals surface area contributed by atoms with Crippen molar-refractivity contribution in [3.05, 3.63) is 63.3 Å². The predicted molar refractivity (Wildman–Crippen MR) is 130 cm³/mol. The number of aromatic nitrogens is 2. The fourth-order valence-electron chi connectivity index (χ4n) is 4.40. The van der Waals surface area contributed by atoms with Crippen molar-refractivity contribution in [1.29, 1.82) is 0 Å². The van der Waals surface area contributed by atoms with Crippen LogP contribution < -0.4 is 15.0 Å². The van der Waals surface area contributed by atoms with E-state index in [2.05, 4.69) is 4.98 Å². The maximum Gasteiger partial charge on any atom is 0.263 e. The lowest BCUT2D eigenvalue weighted by Crippen LogP contribution is -2.36. The van der Waals surface area contributed by atoms with E-state index in [9.17, 15) is 9.59 Å². The van der Waals surface area contributed by atoms with Crippen LogP contribution in [0.25, 0.3) is 20.7 Å². The highest BCUT2D eigenvalue weighted by atomic mass is 32.1. The standard InChI is InChI=1S/C24H23N3O4S2/c1-30-18-8-7-15(11-19(18)31-2)17-5-3-9-27(17)21(28)12-26-14-25-23-22(24(26)29)16(13-33-23)20-6-4-10-32-20/h4,6-8,10-11,13-14,17H,3,5,9,12H2,1-2H3/t17-/m1/s1. The third-order valence-electron chi connectivity index (χ3n) is 6.02. The summed E-state index contributed by atoms with van der Waals surface area (Å²) in [4.78, 5) is 34.6. The van der Waals surface area contributed by atoms with Crippen molar-refractivity contribution in [1.82, 2.24) is 14.5 Å². The molecule has 7 nitrogen and oxygen atoms in total. The number of ether oxygens (including phenoxy) is 2. The first-order chi connectivity index (χ1) is 16.1. The van der Waals surface area contributed by atoms with Crippen molar-refractivity contribution in [2.45, 2.75) is 25.4 Å². The molecule has 170 valence electrons. The number of rotatable bonds is 6. The summed E-state index contributed by atoms with van der Waals surface area (Å²) < 4.78 is 12.2. The quantitative estimate of drug-likeness (QED) is 0.403. The molecule has 1 aliphatic rings. The van der Waals surface area contributed by atoms with E-state index in [0.29, 0.717) is 28.3 Å². The van der Waals surface area contributed by atoms with Crippen LogP contribution in [0.3, 0.4) is 0 Å². The lowest BCUT2D eigenvalue weighted by atomic mass is 10.0. The number of carbonyl (C=O) groups excluding carboxylic acids is 1. The zero-order chi connectivity index (χ0) is 22.9. The van der Waals surface area contributed by atoms with Crippen LogP contribution in [0.2, 0.25) is 0 Å². The molecular formula is C24H23N3O4S2. The van der Waals surface area contributed by atoms with E-state index in [1.54, 1.807) is 25.6 Å². The largest absolute Gasteiger partial charge is 0.493 e. The lowest BCUT2D eigenvalue weighted by Gasteiger charge is -2.26. The predicted octanol–water partition coefficient (Wildman–Crippen LogP) is 4.57. The summed E-state index contributed by atoms with van der Waals surface area (Å²) in [6.07, 6.45) is 3.25. The van der Waals surface area contributed by atoms with Crippen molar-refractivity contribution in [3.8, 4) is 21.9 Å². The molecule has 9 heteroatoms. The van der Waals surface area contributed by atoms with E-state index in [0.717, 1.165) is 28.8 Å². The van der Waals surface area contributed by atoms with Crippen molar-refractivity contribution in [2.24, 2.45) is 0 Å². The number of amides is 1. The molecular weight excluding hydrogens is 458 g/mol. The molecule has 1 fully saturated rings. The first kappa shape index (κ1) is 21.7. The first-order valence-electron chi connectivity index (χ1n) is 10.6. The fraction of sp³-hybridized carbons (Fsp3) is 0.292. The normalized spacial score (nSPS) is 15.8. The van der Waals surface area contributed by atoms with E-state index in [4.69, 9.17) is 9.47 Å². The second kappa shape index (κ2) is 8.99. The maximum absolute atomic E-state index is 13.3. The molecule has 3 aromatic heterocycles. The Morgan fingerprint density at radius 2 is 2.03 bits per heavy atom. The summed E-state index contributed by atoms with van der Waals surface area (Å²) in [5.74, 6) is 1.20. The van der Waals surface area contributed by atoms with E-state index >= 15 is 0 Å². The molecule has 1 atom stereocenters. The zero-order valence-electron chi connectivity index (χ0n) is 18.3. The Morgan fingerprint density at radius 1 is 1.18 bits per heavy atom. The third-order valence-corrected chi connectivity index (χ3v) is 7.81. The molecule has 1 aromatic carbocycles. The lowest BCUT2D eigenvalue weighted by molar-refractivity contribution is -0.132. The monoisotopic (exact) mass is 481 g/mol. The molecule has 1 saturated heterocycles. The van der Waals surface area contributed by atoms with Gasteiger partial charge in [-0.3, -0.25) is 14.2 Å². The molecule has 1 amide bonds. The van der Waals surface area contributed by atoms with Crippen LogP contribution in [-0.2, 0) is 11.3 Å². The molecule has 4 heterocycles. The minimum atomic E-state index is -0.181. The molecule has 0 spiro atoms. The van der Waals surface area contributed by atoms with Crippen LogP contribution in [0.15, 0.2) is 52.2 Å². The fourth-order valence-corrected chi connectivity index (χ4v) is 6.12. The summed E-state index contributed by atoms with van der Waals surface area (Å²) in [6, 6.07) is 9.65. The van der Waals surface area contributed by atoms with Crippen molar-refractivity contribution in [2.75, 3.05) is 20.8 Å². The summed E-state index contributed by atoms with van der Waals surface area (Å²) in [6.45, 7) is 0.618. The number of methoxy groups -OCH3 is 2. The molecule has 0 radical (unpaired) electrons. The molecule has 0 saturated carbocycles. The van der Waals surface area contributed by atoms with Gasteiger partial charge in [-0.15, -0.1) is 22.7 Å². The van der Waals surface area contributed by atoms with Crippen molar-refractivity contribution < 1.29 is 14.3 Å². The molecule has 0 unspecified atom stereocenters. The van der Waals surface area contributed by atoms with Crippen LogP contribution in [0.5, 0.6) is 11.5 Å². The van der Waals surface area contributed by atoms with Gasteiger partial charge in [0.05, 0.1) is 32.0 Å². The van der Waals surface area contributed by atoms with Gasteiger partial charge >= 0.3 is 0 Å². The summed E-state index contributed by atoms with van der Waals surface area (Å²) in [5, 5.41) is 4.53. The van der Waals surface area contributed by atoms with Gasteiger partial charge in [-0.2, -0.15) is 0 Å². The van der Waals surface area contributed by atoms with Crippen LogP contribution in [0.4, 0.5) is 0 Å². The number of carbonyl (C=O) groups is 1. The second-order valence-electron chi connectivity index (χ2n) is 7.84. The number of thiophene rings is 2. The van der Waals surface area contributed by atoms with Gasteiger partial charge in [0.1, 0.15) is 11.4 Å². The molecule has 33 heavy (non-hydrogen) atoms. The number of likely N-dealkylation sites (tertiary alicyclic amines) is 1. The Labute approximate surface area is 198 Å². The van der Waals surface area contributed by atoms with Gasteiger partial charge in [0.25, 0.3) is 5.56 Å². The molecule has 0 aliphatic carbocycles. The van der Waals surface area contributed by atoms with E-state index < -0.39 is 0 Å². The van der Waals surface area contributed by atoms with Gasteiger partial charge in [0.2, 0.25) is 5.91 Å². The Kier molecular flexibility index (Phi) is 5.90. The van der Waals surface area contributed by atoms with Gasteiger partial charge in [-0.05, 0) is 42.0 Å². The SMILES string of the molecule is COc1ccc([C@H]2CCCN2C(=O)Cn2cnc3scc(-c4cccs4)c3c2=O)cc1OC. The minimum absolute atomic E-state index is 0.0364. The van der Waals surface area contributed by atoms with Crippen LogP contribution in [0.1, 0.15) is 24.4 Å². The van der Waals surface area contributed by atoms with E-state index in [-0.39, 0.29) is 24.1 Å². The highest BCUT2D eigenvalue weighted by Crippen LogP contribution is 2.37. The van der Waals surface area contributed by atoms with Crippen molar-refractivity contribution >= 4 is 38.8 Å². The van der Waals surface area contributed by atoms with Gasteiger partial charge in [-0.1, -0.05) is 12.1 Å². The number of benzene rings is 1. The van der Waals surface area contributed by atoms with Crippen molar-refractivity contribution in [3.63, 3.8) is 0 Å². The summed E-state index contributed by atoms with van der Waals surface area (Å²) in [7, 11) is 3.20. The molecule has 5 rings (SSSR count).